The Labute approximate surface area is 148 Å². The van der Waals surface area contributed by atoms with E-state index in [9.17, 15) is 0 Å². The van der Waals surface area contributed by atoms with Crippen LogP contribution in [0.25, 0.3) is 28.1 Å². The molecule has 7 heteroatoms. The number of aromatic nitrogens is 6. The van der Waals surface area contributed by atoms with Gasteiger partial charge in [-0.15, -0.1) is 0 Å². The molecular formula is C19H14N6O. The highest BCUT2D eigenvalue weighted by molar-refractivity contribution is 5.82. The van der Waals surface area contributed by atoms with Crippen molar-refractivity contribution in [1.29, 1.82) is 0 Å². The summed E-state index contributed by atoms with van der Waals surface area (Å²) in [6.07, 6.45) is 5.24. The van der Waals surface area contributed by atoms with Crippen molar-refractivity contribution in [3.63, 3.8) is 0 Å². The summed E-state index contributed by atoms with van der Waals surface area (Å²) in [5.41, 5.74) is 3.92. The van der Waals surface area contributed by atoms with Gasteiger partial charge in [0.15, 0.2) is 5.65 Å². The second-order valence-electron chi connectivity index (χ2n) is 5.90. The third-order valence-corrected chi connectivity index (χ3v) is 4.11. The maximum atomic E-state index is 6.19. The Morgan fingerprint density at radius 1 is 1.00 bits per heavy atom. The number of nitrogens with zero attached hydrogens (tertiary/aromatic N) is 5. The lowest BCUT2D eigenvalue weighted by Crippen LogP contribution is -2.00. The van der Waals surface area contributed by atoms with Crippen LogP contribution in [0.2, 0.25) is 0 Å². The van der Waals surface area contributed by atoms with Gasteiger partial charge in [0.2, 0.25) is 5.88 Å². The smallest absolute Gasteiger partial charge is 0.224 e. The fraction of sp³-hybridized carbons (Fsp3) is 0.0526. The Kier molecular flexibility index (Phi) is 3.18. The summed E-state index contributed by atoms with van der Waals surface area (Å²) in [4.78, 5) is 16.6. The van der Waals surface area contributed by atoms with Crippen LogP contribution in [0.5, 0.6) is 11.6 Å². The van der Waals surface area contributed by atoms with E-state index in [0.29, 0.717) is 17.3 Å². The number of aromatic amines is 1. The van der Waals surface area contributed by atoms with Crippen molar-refractivity contribution in [2.24, 2.45) is 0 Å². The van der Waals surface area contributed by atoms with E-state index < -0.39 is 0 Å². The molecule has 0 aliphatic carbocycles. The zero-order valence-electron chi connectivity index (χ0n) is 13.9. The molecule has 5 aromatic rings. The van der Waals surface area contributed by atoms with E-state index in [1.54, 1.807) is 16.9 Å². The summed E-state index contributed by atoms with van der Waals surface area (Å²) >= 11 is 0. The van der Waals surface area contributed by atoms with E-state index in [0.717, 1.165) is 28.1 Å². The van der Waals surface area contributed by atoms with Crippen LogP contribution < -0.4 is 4.74 Å². The molecule has 0 aliphatic rings. The second kappa shape index (κ2) is 5.66. The molecule has 1 N–H and O–H groups in total. The first-order valence-electron chi connectivity index (χ1n) is 8.17. The van der Waals surface area contributed by atoms with Crippen molar-refractivity contribution in [3.05, 3.63) is 66.7 Å². The van der Waals surface area contributed by atoms with E-state index in [1.807, 2.05) is 55.6 Å². The molecule has 0 atom stereocenters. The molecule has 5 aromatic heterocycles. The van der Waals surface area contributed by atoms with Crippen LogP contribution in [0.15, 0.2) is 61.1 Å². The largest absolute Gasteiger partial charge is 0.438 e. The molecule has 0 bridgehead atoms. The maximum Gasteiger partial charge on any atom is 0.224 e. The van der Waals surface area contributed by atoms with Gasteiger partial charge in [-0.05, 0) is 31.2 Å². The Balaban J connectivity index is 1.67. The number of H-pyrrole nitrogens is 1. The number of nitrogens with one attached hydrogen (secondary N) is 1. The van der Waals surface area contributed by atoms with E-state index >= 15 is 0 Å². The summed E-state index contributed by atoms with van der Waals surface area (Å²) in [6.45, 7) is 1.96. The molecular weight excluding hydrogens is 328 g/mol. The molecule has 0 unspecified atom stereocenters. The fourth-order valence-electron chi connectivity index (χ4n) is 2.91. The van der Waals surface area contributed by atoms with E-state index in [2.05, 4.69) is 25.0 Å². The van der Waals surface area contributed by atoms with Gasteiger partial charge in [-0.3, -0.25) is 4.98 Å². The topological polar surface area (TPSA) is 81.0 Å². The minimum absolute atomic E-state index is 0.562. The highest BCUT2D eigenvalue weighted by Gasteiger charge is 2.13. The third-order valence-electron chi connectivity index (χ3n) is 4.11. The van der Waals surface area contributed by atoms with Crippen molar-refractivity contribution in [2.45, 2.75) is 6.92 Å². The zero-order valence-corrected chi connectivity index (χ0v) is 13.9. The Morgan fingerprint density at radius 2 is 1.96 bits per heavy atom. The van der Waals surface area contributed by atoms with Crippen LogP contribution >= 0.6 is 0 Å². The van der Waals surface area contributed by atoms with Gasteiger partial charge in [-0.1, -0.05) is 6.07 Å². The Bertz CT molecular complexity index is 1240. The molecule has 0 radical (unpaired) electrons. The predicted octanol–water partition coefficient (Wildman–Crippen LogP) is 3.77. The number of rotatable bonds is 3. The molecule has 0 aliphatic heterocycles. The van der Waals surface area contributed by atoms with Crippen molar-refractivity contribution >= 4 is 16.7 Å². The standard InChI is InChI=1S/C19H14N6O/c1-12-3-2-4-14(23-12)15-11-18(25-17(24-15)7-10-22-25)26-16-6-9-21-19-13(16)5-8-20-19/h2-11H,1H3,(H,20,21). The fourth-order valence-corrected chi connectivity index (χ4v) is 2.91. The Hall–Kier alpha value is -3.74. The average molecular weight is 342 g/mol. The van der Waals surface area contributed by atoms with Crippen LogP contribution in [0.3, 0.4) is 0 Å². The normalized spacial score (nSPS) is 11.3. The summed E-state index contributed by atoms with van der Waals surface area (Å²) in [6, 6.07) is 13.3. The molecule has 5 rings (SSSR count). The van der Waals surface area contributed by atoms with Crippen LogP contribution in [0.1, 0.15) is 5.69 Å². The van der Waals surface area contributed by atoms with Crippen LogP contribution in [0.4, 0.5) is 0 Å². The summed E-state index contributed by atoms with van der Waals surface area (Å²) < 4.78 is 7.85. The first-order valence-corrected chi connectivity index (χ1v) is 8.17. The van der Waals surface area contributed by atoms with Gasteiger partial charge in [0.05, 0.1) is 23.0 Å². The maximum absolute atomic E-state index is 6.19. The molecule has 7 nitrogen and oxygen atoms in total. The van der Waals surface area contributed by atoms with Gasteiger partial charge in [0.25, 0.3) is 0 Å². The molecule has 0 aromatic carbocycles. The molecule has 5 heterocycles. The van der Waals surface area contributed by atoms with Crippen LogP contribution in [-0.4, -0.2) is 29.5 Å². The first kappa shape index (κ1) is 14.6. The van der Waals surface area contributed by atoms with Gasteiger partial charge in [0, 0.05) is 30.2 Å². The van der Waals surface area contributed by atoms with Gasteiger partial charge in [-0.2, -0.15) is 9.61 Å². The molecule has 0 amide bonds. The van der Waals surface area contributed by atoms with Gasteiger partial charge in [-0.25, -0.2) is 9.97 Å². The van der Waals surface area contributed by atoms with E-state index in [1.165, 1.54) is 0 Å². The lowest BCUT2D eigenvalue weighted by Gasteiger charge is -2.10. The third kappa shape index (κ3) is 2.37. The SMILES string of the molecule is Cc1cccc(-c2cc(Oc3ccnc4[nH]ccc34)n3nccc3n2)n1. The van der Waals surface area contributed by atoms with Crippen molar-refractivity contribution in [3.8, 4) is 23.0 Å². The number of fused-ring (bicyclic) bond motifs is 2. The Morgan fingerprint density at radius 3 is 2.88 bits per heavy atom. The number of hydrogen-bond acceptors (Lipinski definition) is 5. The van der Waals surface area contributed by atoms with Gasteiger partial charge in [0.1, 0.15) is 11.4 Å². The summed E-state index contributed by atoms with van der Waals surface area (Å²) in [5, 5.41) is 5.22. The molecule has 0 saturated carbocycles. The van der Waals surface area contributed by atoms with Crippen molar-refractivity contribution in [1.82, 2.24) is 29.5 Å². The van der Waals surface area contributed by atoms with E-state index in [-0.39, 0.29) is 0 Å². The van der Waals surface area contributed by atoms with Crippen molar-refractivity contribution < 1.29 is 4.74 Å². The number of ether oxygens (including phenoxy) is 1. The molecule has 0 spiro atoms. The van der Waals surface area contributed by atoms with Gasteiger partial charge >= 0.3 is 0 Å². The molecule has 0 fully saturated rings. The lowest BCUT2D eigenvalue weighted by molar-refractivity contribution is 0.451. The minimum Gasteiger partial charge on any atom is -0.438 e. The minimum atomic E-state index is 0.562. The highest BCUT2D eigenvalue weighted by atomic mass is 16.5. The van der Waals surface area contributed by atoms with E-state index in [4.69, 9.17) is 4.74 Å². The van der Waals surface area contributed by atoms with Crippen molar-refractivity contribution in [2.75, 3.05) is 0 Å². The predicted molar refractivity (Wildman–Crippen MR) is 97.1 cm³/mol. The summed E-state index contributed by atoms with van der Waals surface area (Å²) in [5.74, 6) is 1.26. The number of pyridine rings is 2. The average Bonchev–Trinajstić information content (AvgIpc) is 3.31. The quantitative estimate of drug-likeness (QED) is 0.540. The van der Waals surface area contributed by atoms with Crippen LogP contribution in [-0.2, 0) is 0 Å². The second-order valence-corrected chi connectivity index (χ2v) is 5.90. The molecule has 126 valence electrons. The highest BCUT2D eigenvalue weighted by Crippen LogP contribution is 2.30. The zero-order chi connectivity index (χ0) is 17.5. The van der Waals surface area contributed by atoms with Gasteiger partial charge < -0.3 is 9.72 Å². The molecule has 26 heavy (non-hydrogen) atoms. The van der Waals surface area contributed by atoms with Crippen LogP contribution in [0, 0.1) is 6.92 Å². The number of hydrogen-bond donors (Lipinski definition) is 1. The number of aryl methyl sites for hydroxylation is 1. The summed E-state index contributed by atoms with van der Waals surface area (Å²) in [7, 11) is 0. The monoisotopic (exact) mass is 342 g/mol. The first-order chi connectivity index (χ1) is 12.8. The molecule has 0 saturated heterocycles. The lowest BCUT2D eigenvalue weighted by atomic mass is 10.2.